The molecule has 2 fully saturated rings. The van der Waals surface area contributed by atoms with E-state index in [9.17, 15) is 13.2 Å². The second-order valence-electron chi connectivity index (χ2n) is 7.14. The van der Waals surface area contributed by atoms with Crippen molar-refractivity contribution in [3.8, 4) is 0 Å². The van der Waals surface area contributed by atoms with Crippen LogP contribution in [0.3, 0.4) is 0 Å². The van der Waals surface area contributed by atoms with Crippen molar-refractivity contribution in [2.75, 3.05) is 52.7 Å². The molecule has 0 aliphatic carbocycles. The molecule has 2 saturated heterocycles. The summed E-state index contributed by atoms with van der Waals surface area (Å²) in [5.41, 5.74) is 0. The summed E-state index contributed by atoms with van der Waals surface area (Å²) in [6.07, 6.45) is 2.97. The highest BCUT2D eigenvalue weighted by atomic mass is 32.2. The molecule has 156 valence electrons. The average Bonchev–Trinajstić information content (AvgIpc) is 3.05. The second-order valence-corrected chi connectivity index (χ2v) is 9.07. The van der Waals surface area contributed by atoms with E-state index in [1.54, 1.807) is 7.05 Å². The Morgan fingerprint density at radius 1 is 1.33 bits per heavy atom. The van der Waals surface area contributed by atoms with Crippen molar-refractivity contribution in [3.63, 3.8) is 0 Å². The molecular weight excluding hydrogens is 372 g/mol. The minimum atomic E-state index is -3.39. The highest BCUT2D eigenvalue weighted by Gasteiger charge is 2.36. The quantitative estimate of drug-likeness (QED) is 0.343. The fourth-order valence-electron chi connectivity index (χ4n) is 3.49. The molecule has 2 heterocycles. The predicted octanol–water partition coefficient (Wildman–Crippen LogP) is -0.209. The average molecular weight is 405 g/mol. The number of hydrogen-bond donors (Lipinski definition) is 2. The van der Waals surface area contributed by atoms with Gasteiger partial charge in [0.15, 0.2) is 5.96 Å². The lowest BCUT2D eigenvalue weighted by Crippen LogP contribution is -2.44. The Kier molecular flexibility index (Phi) is 8.30. The van der Waals surface area contributed by atoms with Gasteiger partial charge in [0.2, 0.25) is 10.0 Å². The molecule has 9 nitrogen and oxygen atoms in total. The van der Waals surface area contributed by atoms with E-state index in [0.29, 0.717) is 32.2 Å². The van der Waals surface area contributed by atoms with Crippen molar-refractivity contribution in [2.24, 2.45) is 16.8 Å². The summed E-state index contributed by atoms with van der Waals surface area (Å²) >= 11 is 0. The Labute approximate surface area is 161 Å². The highest BCUT2D eigenvalue weighted by molar-refractivity contribution is 7.89. The maximum Gasteiger partial charge on any atom is 0.310 e. The smallest absolute Gasteiger partial charge is 0.310 e. The first-order chi connectivity index (χ1) is 12.9. The molecule has 0 aromatic heterocycles. The number of hydrogen-bond acceptors (Lipinski definition) is 6. The molecule has 0 bridgehead atoms. The summed E-state index contributed by atoms with van der Waals surface area (Å²) in [5.74, 6) is 0.269. The van der Waals surface area contributed by atoms with E-state index in [-0.39, 0.29) is 36.2 Å². The largest absolute Gasteiger partial charge is 0.469 e. The topological polar surface area (TPSA) is 109 Å². The van der Waals surface area contributed by atoms with E-state index < -0.39 is 10.0 Å². The molecule has 2 rings (SSSR count). The van der Waals surface area contributed by atoms with Gasteiger partial charge in [-0.05, 0) is 25.2 Å². The molecule has 0 spiro atoms. The van der Waals surface area contributed by atoms with Crippen LogP contribution in [-0.2, 0) is 24.3 Å². The lowest BCUT2D eigenvalue weighted by atomic mass is 9.99. The Balaban J connectivity index is 1.76. The van der Waals surface area contributed by atoms with Crippen LogP contribution < -0.4 is 10.0 Å². The van der Waals surface area contributed by atoms with Gasteiger partial charge < -0.3 is 19.7 Å². The number of nitrogens with one attached hydrogen (secondary N) is 2. The Bertz CT molecular complexity index is 619. The van der Waals surface area contributed by atoms with Gasteiger partial charge in [-0.15, -0.1) is 0 Å². The van der Waals surface area contributed by atoms with Crippen LogP contribution in [0.2, 0.25) is 0 Å². The van der Waals surface area contributed by atoms with Crippen LogP contribution >= 0.6 is 0 Å². The molecule has 2 aliphatic heterocycles. The molecule has 0 aromatic carbocycles. The molecule has 3 unspecified atom stereocenters. The number of carbonyl (C=O) groups excluding carboxylic acids is 1. The zero-order chi connectivity index (χ0) is 19.9. The number of sulfonamides is 1. The zero-order valence-corrected chi connectivity index (χ0v) is 17.3. The van der Waals surface area contributed by atoms with Crippen molar-refractivity contribution in [3.05, 3.63) is 0 Å². The Morgan fingerprint density at radius 2 is 2.11 bits per heavy atom. The van der Waals surface area contributed by atoms with Crippen LogP contribution in [0.4, 0.5) is 0 Å². The van der Waals surface area contributed by atoms with Gasteiger partial charge in [0.1, 0.15) is 0 Å². The number of nitrogens with zero attached hydrogens (tertiary/aromatic N) is 2. The molecule has 10 heteroatoms. The fraction of sp³-hybridized carbons (Fsp3) is 0.882. The van der Waals surface area contributed by atoms with E-state index in [2.05, 4.69) is 15.0 Å². The lowest BCUT2D eigenvalue weighted by Gasteiger charge is -2.23. The van der Waals surface area contributed by atoms with Crippen molar-refractivity contribution in [1.29, 1.82) is 0 Å². The van der Waals surface area contributed by atoms with Gasteiger partial charge in [0.25, 0.3) is 0 Å². The Morgan fingerprint density at radius 3 is 2.74 bits per heavy atom. The molecule has 3 atom stereocenters. The number of esters is 1. The third-order valence-electron chi connectivity index (χ3n) is 5.09. The molecule has 0 aromatic rings. The third-order valence-corrected chi connectivity index (χ3v) is 6.43. The summed E-state index contributed by atoms with van der Waals surface area (Å²) in [4.78, 5) is 18.0. The first-order valence-corrected chi connectivity index (χ1v) is 11.1. The monoisotopic (exact) mass is 404 g/mol. The van der Waals surface area contributed by atoms with Crippen molar-refractivity contribution < 1.29 is 22.7 Å². The summed E-state index contributed by atoms with van der Waals surface area (Å²) < 4.78 is 37.4. The van der Waals surface area contributed by atoms with Crippen LogP contribution in [0.5, 0.6) is 0 Å². The standard InChI is InChI=1S/C17H32N4O5S/c1-13-11-21(12-15(13)16(22)25-3)17(18-2)19-7-9-27(23,24)20-10-14-6-4-5-8-26-14/h13-15,20H,4-12H2,1-3H3,(H,18,19). The van der Waals surface area contributed by atoms with E-state index in [1.165, 1.54) is 7.11 Å². The van der Waals surface area contributed by atoms with Gasteiger partial charge in [-0.25, -0.2) is 13.1 Å². The van der Waals surface area contributed by atoms with E-state index in [0.717, 1.165) is 19.3 Å². The predicted molar refractivity (Wildman–Crippen MR) is 103 cm³/mol. The number of guanidine groups is 1. The molecule has 0 radical (unpaired) electrons. The van der Waals surface area contributed by atoms with Crippen molar-refractivity contribution >= 4 is 22.0 Å². The maximum absolute atomic E-state index is 12.2. The Hall–Kier alpha value is -1.39. The number of rotatable bonds is 7. The summed E-state index contributed by atoms with van der Waals surface area (Å²) in [7, 11) is -0.353. The third kappa shape index (κ3) is 6.62. The SMILES string of the molecule is CN=C(NCCS(=O)(=O)NCC1CCCCO1)N1CC(C)C(C(=O)OC)C1. The van der Waals surface area contributed by atoms with E-state index in [1.807, 2.05) is 11.8 Å². The number of likely N-dealkylation sites (tertiary alicyclic amines) is 1. The van der Waals surface area contributed by atoms with Crippen LogP contribution in [-0.4, -0.2) is 84.0 Å². The molecule has 2 N–H and O–H groups in total. The number of ether oxygens (including phenoxy) is 2. The molecule has 0 amide bonds. The van der Waals surface area contributed by atoms with Gasteiger partial charge in [0.05, 0.1) is 24.9 Å². The minimum Gasteiger partial charge on any atom is -0.469 e. The van der Waals surface area contributed by atoms with Gasteiger partial charge in [-0.3, -0.25) is 9.79 Å². The van der Waals surface area contributed by atoms with Gasteiger partial charge in [-0.2, -0.15) is 0 Å². The van der Waals surface area contributed by atoms with Crippen LogP contribution in [0.15, 0.2) is 4.99 Å². The van der Waals surface area contributed by atoms with Gasteiger partial charge >= 0.3 is 5.97 Å². The summed E-state index contributed by atoms with van der Waals surface area (Å²) in [6.45, 7) is 4.44. The maximum atomic E-state index is 12.2. The molecule has 2 aliphatic rings. The van der Waals surface area contributed by atoms with Crippen molar-refractivity contribution in [2.45, 2.75) is 32.3 Å². The zero-order valence-electron chi connectivity index (χ0n) is 16.4. The number of carbonyl (C=O) groups is 1. The molecule has 0 saturated carbocycles. The minimum absolute atomic E-state index is 0.0319. The van der Waals surface area contributed by atoms with E-state index >= 15 is 0 Å². The molecule has 27 heavy (non-hydrogen) atoms. The summed E-state index contributed by atoms with van der Waals surface area (Å²) in [6, 6.07) is 0. The van der Waals surface area contributed by atoms with Gasteiger partial charge in [-0.1, -0.05) is 6.92 Å². The second kappa shape index (κ2) is 10.2. The van der Waals surface area contributed by atoms with E-state index in [4.69, 9.17) is 9.47 Å². The van der Waals surface area contributed by atoms with Crippen molar-refractivity contribution in [1.82, 2.24) is 14.9 Å². The first kappa shape index (κ1) is 21.9. The van der Waals surface area contributed by atoms with Crippen LogP contribution in [0.1, 0.15) is 26.2 Å². The lowest BCUT2D eigenvalue weighted by molar-refractivity contribution is -0.145. The van der Waals surface area contributed by atoms with Crippen LogP contribution in [0.25, 0.3) is 0 Å². The number of methoxy groups -OCH3 is 1. The van der Waals surface area contributed by atoms with Gasteiger partial charge in [0, 0.05) is 39.8 Å². The normalized spacial score (nSPS) is 26.9. The first-order valence-electron chi connectivity index (χ1n) is 9.48. The van der Waals surface area contributed by atoms with Crippen LogP contribution in [0, 0.1) is 11.8 Å². The summed E-state index contributed by atoms with van der Waals surface area (Å²) in [5, 5.41) is 3.08. The fourth-order valence-corrected chi connectivity index (χ4v) is 4.44. The number of aliphatic imine (C=N–C) groups is 1. The highest BCUT2D eigenvalue weighted by Crippen LogP contribution is 2.24. The molecular formula is C17H32N4O5S.